The lowest BCUT2D eigenvalue weighted by Crippen LogP contribution is -2.34. The number of anilines is 1. The standard InChI is InChI=1S/C15H21ClN2O2S/c1-10-11(16)6-5-7-12(10)18-13(19)8-17-14(20)9-21-15(2,3)4/h5-7H,8-9H2,1-4H3,(H,17,20)(H,18,19). The van der Waals surface area contributed by atoms with Crippen LogP contribution in [0, 0.1) is 6.92 Å². The molecule has 2 amide bonds. The molecule has 1 aromatic carbocycles. The molecule has 0 aromatic heterocycles. The van der Waals surface area contributed by atoms with Crippen molar-refractivity contribution in [3.05, 3.63) is 28.8 Å². The minimum absolute atomic E-state index is 0.0253. The third-order valence-electron chi connectivity index (χ3n) is 2.62. The molecule has 21 heavy (non-hydrogen) atoms. The normalized spacial score (nSPS) is 11.1. The van der Waals surface area contributed by atoms with Gasteiger partial charge in [-0.15, -0.1) is 11.8 Å². The Bertz CT molecular complexity index is 527. The van der Waals surface area contributed by atoms with Crippen LogP contribution in [0.4, 0.5) is 5.69 Å². The molecule has 0 bridgehead atoms. The van der Waals surface area contributed by atoms with Crippen molar-refractivity contribution in [2.24, 2.45) is 0 Å². The molecule has 4 nitrogen and oxygen atoms in total. The predicted octanol–water partition coefficient (Wildman–Crippen LogP) is 3.23. The smallest absolute Gasteiger partial charge is 0.243 e. The van der Waals surface area contributed by atoms with Gasteiger partial charge in [0.2, 0.25) is 11.8 Å². The average molecular weight is 329 g/mol. The number of benzene rings is 1. The number of hydrogen-bond donors (Lipinski definition) is 2. The van der Waals surface area contributed by atoms with Crippen molar-refractivity contribution in [3.8, 4) is 0 Å². The average Bonchev–Trinajstić information content (AvgIpc) is 2.38. The first-order valence-corrected chi connectivity index (χ1v) is 8.01. The monoisotopic (exact) mass is 328 g/mol. The van der Waals surface area contributed by atoms with Crippen LogP contribution in [0.15, 0.2) is 18.2 Å². The fourth-order valence-corrected chi connectivity index (χ4v) is 2.29. The van der Waals surface area contributed by atoms with Crippen molar-refractivity contribution in [2.75, 3.05) is 17.6 Å². The zero-order valence-corrected chi connectivity index (χ0v) is 14.3. The number of hydrogen-bond acceptors (Lipinski definition) is 3. The summed E-state index contributed by atoms with van der Waals surface area (Å²) in [6.45, 7) is 7.91. The van der Waals surface area contributed by atoms with Crippen LogP contribution in [0.1, 0.15) is 26.3 Å². The van der Waals surface area contributed by atoms with Gasteiger partial charge in [-0.2, -0.15) is 0 Å². The molecule has 0 unspecified atom stereocenters. The van der Waals surface area contributed by atoms with Crippen molar-refractivity contribution in [1.29, 1.82) is 0 Å². The first-order chi connectivity index (χ1) is 9.69. The van der Waals surface area contributed by atoms with E-state index in [0.717, 1.165) is 5.56 Å². The van der Waals surface area contributed by atoms with Gasteiger partial charge in [-0.05, 0) is 24.6 Å². The molecule has 0 saturated heterocycles. The highest BCUT2D eigenvalue weighted by Crippen LogP contribution is 2.23. The van der Waals surface area contributed by atoms with Crippen LogP contribution in [0.3, 0.4) is 0 Å². The fraction of sp³-hybridized carbons (Fsp3) is 0.467. The van der Waals surface area contributed by atoms with Gasteiger partial charge in [0.25, 0.3) is 0 Å². The fourth-order valence-electron chi connectivity index (χ4n) is 1.45. The van der Waals surface area contributed by atoms with E-state index in [-0.39, 0.29) is 23.1 Å². The molecule has 0 saturated carbocycles. The summed E-state index contributed by atoms with van der Waals surface area (Å²) in [6.07, 6.45) is 0. The molecule has 116 valence electrons. The number of amides is 2. The predicted molar refractivity (Wildman–Crippen MR) is 90.0 cm³/mol. The SMILES string of the molecule is Cc1c(Cl)cccc1NC(=O)CNC(=O)CSC(C)(C)C. The molecule has 1 rings (SSSR count). The Morgan fingerprint density at radius 2 is 1.90 bits per heavy atom. The first kappa shape index (κ1) is 17.9. The van der Waals surface area contributed by atoms with Crippen molar-refractivity contribution >= 4 is 40.9 Å². The van der Waals surface area contributed by atoms with Gasteiger partial charge in [0, 0.05) is 15.5 Å². The topological polar surface area (TPSA) is 58.2 Å². The lowest BCUT2D eigenvalue weighted by molar-refractivity contribution is -0.122. The molecular formula is C15H21ClN2O2S. The van der Waals surface area contributed by atoms with Gasteiger partial charge in [-0.1, -0.05) is 38.4 Å². The van der Waals surface area contributed by atoms with Crippen LogP contribution in [0.5, 0.6) is 0 Å². The summed E-state index contributed by atoms with van der Waals surface area (Å²) in [6, 6.07) is 5.30. The largest absolute Gasteiger partial charge is 0.346 e. The Balaban J connectivity index is 2.41. The van der Waals surface area contributed by atoms with Crippen LogP contribution in [0.2, 0.25) is 5.02 Å². The Kier molecular flexibility index (Phi) is 6.55. The minimum atomic E-state index is -0.269. The summed E-state index contributed by atoms with van der Waals surface area (Å²) in [5.41, 5.74) is 1.47. The van der Waals surface area contributed by atoms with Gasteiger partial charge in [0.05, 0.1) is 12.3 Å². The lowest BCUT2D eigenvalue weighted by atomic mass is 10.2. The molecular weight excluding hydrogens is 308 g/mol. The van der Waals surface area contributed by atoms with E-state index in [9.17, 15) is 9.59 Å². The van der Waals surface area contributed by atoms with Gasteiger partial charge in [0.1, 0.15) is 0 Å². The summed E-state index contributed by atoms with van der Waals surface area (Å²) in [5, 5.41) is 5.93. The maximum atomic E-state index is 11.8. The maximum absolute atomic E-state index is 11.8. The quantitative estimate of drug-likeness (QED) is 0.872. The molecule has 0 heterocycles. The third kappa shape index (κ3) is 6.87. The summed E-state index contributed by atoms with van der Waals surface area (Å²) >= 11 is 7.53. The highest BCUT2D eigenvalue weighted by atomic mass is 35.5. The highest BCUT2D eigenvalue weighted by Gasteiger charge is 2.14. The van der Waals surface area contributed by atoms with Gasteiger partial charge >= 0.3 is 0 Å². The number of carbonyl (C=O) groups excluding carboxylic acids is 2. The summed E-state index contributed by atoms with van der Waals surface area (Å²) in [7, 11) is 0. The molecule has 0 atom stereocenters. The zero-order chi connectivity index (χ0) is 16.0. The van der Waals surface area contributed by atoms with Crippen LogP contribution in [-0.4, -0.2) is 28.9 Å². The van der Waals surface area contributed by atoms with Gasteiger partial charge in [0.15, 0.2) is 0 Å². The second-order valence-electron chi connectivity index (χ2n) is 5.64. The summed E-state index contributed by atoms with van der Waals surface area (Å²) < 4.78 is 0.0253. The van der Waals surface area contributed by atoms with E-state index in [4.69, 9.17) is 11.6 Å². The number of rotatable bonds is 5. The molecule has 0 radical (unpaired) electrons. The number of halogens is 1. The van der Waals surface area contributed by atoms with E-state index < -0.39 is 0 Å². The van der Waals surface area contributed by atoms with Gasteiger partial charge < -0.3 is 10.6 Å². The number of thioether (sulfide) groups is 1. The Labute approximate surface area is 135 Å². The zero-order valence-electron chi connectivity index (χ0n) is 12.7. The molecule has 6 heteroatoms. The van der Waals surface area contributed by atoms with E-state index in [0.29, 0.717) is 16.5 Å². The maximum Gasteiger partial charge on any atom is 0.243 e. The molecule has 0 aliphatic rings. The Morgan fingerprint density at radius 3 is 2.52 bits per heavy atom. The molecule has 0 fully saturated rings. The molecule has 0 aliphatic heterocycles. The molecule has 1 aromatic rings. The third-order valence-corrected chi connectivity index (χ3v) is 4.31. The van der Waals surface area contributed by atoms with Gasteiger partial charge in [-0.25, -0.2) is 0 Å². The van der Waals surface area contributed by atoms with E-state index >= 15 is 0 Å². The summed E-state index contributed by atoms with van der Waals surface area (Å²) in [4.78, 5) is 23.4. The number of carbonyl (C=O) groups is 2. The van der Waals surface area contributed by atoms with Gasteiger partial charge in [-0.3, -0.25) is 9.59 Å². The van der Waals surface area contributed by atoms with E-state index in [2.05, 4.69) is 10.6 Å². The van der Waals surface area contributed by atoms with Crippen molar-refractivity contribution in [3.63, 3.8) is 0 Å². The van der Waals surface area contributed by atoms with Crippen LogP contribution in [-0.2, 0) is 9.59 Å². The van der Waals surface area contributed by atoms with Crippen molar-refractivity contribution in [2.45, 2.75) is 32.4 Å². The lowest BCUT2D eigenvalue weighted by Gasteiger charge is -2.17. The first-order valence-electron chi connectivity index (χ1n) is 6.64. The summed E-state index contributed by atoms with van der Waals surface area (Å²) in [5.74, 6) is -0.0742. The Hall–Kier alpha value is -1.20. The minimum Gasteiger partial charge on any atom is -0.346 e. The molecule has 2 N–H and O–H groups in total. The van der Waals surface area contributed by atoms with E-state index in [1.165, 1.54) is 0 Å². The molecule has 0 spiro atoms. The van der Waals surface area contributed by atoms with Crippen molar-refractivity contribution in [1.82, 2.24) is 5.32 Å². The van der Waals surface area contributed by atoms with E-state index in [1.807, 2.05) is 27.7 Å². The van der Waals surface area contributed by atoms with Crippen LogP contribution >= 0.6 is 23.4 Å². The molecule has 0 aliphatic carbocycles. The van der Waals surface area contributed by atoms with Crippen molar-refractivity contribution < 1.29 is 9.59 Å². The van der Waals surface area contributed by atoms with E-state index in [1.54, 1.807) is 30.0 Å². The number of nitrogens with one attached hydrogen (secondary N) is 2. The van der Waals surface area contributed by atoms with Crippen LogP contribution in [0.25, 0.3) is 0 Å². The highest BCUT2D eigenvalue weighted by molar-refractivity contribution is 8.01. The second kappa shape index (κ2) is 7.71. The Morgan fingerprint density at radius 1 is 1.24 bits per heavy atom. The van der Waals surface area contributed by atoms with Crippen LogP contribution < -0.4 is 10.6 Å². The second-order valence-corrected chi connectivity index (χ2v) is 7.85.